The average molecular weight is 443 g/mol. The van der Waals surface area contributed by atoms with Crippen LogP contribution in [0.15, 0.2) is 42.5 Å². The lowest BCUT2D eigenvalue weighted by Gasteiger charge is -2.20. The maximum atomic E-state index is 14.1. The Hall–Kier alpha value is -3.62. The molecule has 9 heteroatoms. The summed E-state index contributed by atoms with van der Waals surface area (Å²) in [5, 5.41) is 5.35. The summed E-state index contributed by atoms with van der Waals surface area (Å²) in [4.78, 5) is 38.5. The molecule has 1 saturated heterocycles. The number of methoxy groups -OCH3 is 1. The summed E-state index contributed by atoms with van der Waals surface area (Å²) in [5.74, 6) is -1.49. The first kappa shape index (κ1) is 23.1. The number of hydrogen-bond donors (Lipinski definition) is 2. The number of nitrogens with zero attached hydrogens (tertiary/aromatic N) is 1. The summed E-state index contributed by atoms with van der Waals surface area (Å²) in [7, 11) is 1.45. The fourth-order valence-corrected chi connectivity index (χ4v) is 3.33. The third-order valence-electron chi connectivity index (χ3n) is 4.74. The van der Waals surface area contributed by atoms with Crippen LogP contribution in [0.1, 0.15) is 27.2 Å². The smallest absolute Gasteiger partial charge is 0.412 e. The maximum absolute atomic E-state index is 14.1. The van der Waals surface area contributed by atoms with Gasteiger partial charge in [-0.2, -0.15) is 0 Å². The molecule has 1 aliphatic heterocycles. The maximum Gasteiger partial charge on any atom is 0.412 e. The van der Waals surface area contributed by atoms with Gasteiger partial charge in [0.2, 0.25) is 11.8 Å². The molecule has 32 heavy (non-hydrogen) atoms. The summed E-state index contributed by atoms with van der Waals surface area (Å²) >= 11 is 0. The van der Waals surface area contributed by atoms with Crippen molar-refractivity contribution in [2.24, 2.45) is 5.92 Å². The van der Waals surface area contributed by atoms with Gasteiger partial charge in [-0.15, -0.1) is 0 Å². The highest BCUT2D eigenvalue weighted by molar-refractivity contribution is 6.04. The second-order valence-electron chi connectivity index (χ2n) is 8.39. The summed E-state index contributed by atoms with van der Waals surface area (Å²) in [6.07, 6.45) is -0.694. The van der Waals surface area contributed by atoms with E-state index in [0.717, 1.165) is 0 Å². The largest absolute Gasteiger partial charge is 0.495 e. The van der Waals surface area contributed by atoms with Crippen LogP contribution in [-0.4, -0.2) is 37.2 Å². The van der Waals surface area contributed by atoms with Crippen LogP contribution in [-0.2, 0) is 14.3 Å². The molecule has 0 saturated carbocycles. The summed E-state index contributed by atoms with van der Waals surface area (Å²) < 4.78 is 24.6. The molecule has 0 spiro atoms. The quantitative estimate of drug-likeness (QED) is 0.723. The van der Waals surface area contributed by atoms with Gasteiger partial charge in [0.25, 0.3) is 0 Å². The van der Waals surface area contributed by atoms with Crippen LogP contribution in [0.2, 0.25) is 0 Å². The van der Waals surface area contributed by atoms with E-state index in [4.69, 9.17) is 9.47 Å². The van der Waals surface area contributed by atoms with E-state index in [0.29, 0.717) is 17.1 Å². The minimum absolute atomic E-state index is 0.0284. The number of rotatable bonds is 5. The number of ether oxygens (including phenoxy) is 2. The van der Waals surface area contributed by atoms with Crippen molar-refractivity contribution in [3.63, 3.8) is 0 Å². The molecule has 3 amide bonds. The summed E-state index contributed by atoms with van der Waals surface area (Å²) in [6, 6.07) is 10.7. The predicted molar refractivity (Wildman–Crippen MR) is 118 cm³/mol. The first-order valence-electron chi connectivity index (χ1n) is 10.1. The number of nitrogens with one attached hydrogen (secondary N) is 2. The third-order valence-corrected chi connectivity index (χ3v) is 4.74. The fourth-order valence-electron chi connectivity index (χ4n) is 3.33. The Morgan fingerprint density at radius 2 is 1.84 bits per heavy atom. The molecule has 1 heterocycles. The molecule has 2 aromatic carbocycles. The van der Waals surface area contributed by atoms with Gasteiger partial charge in [0.05, 0.1) is 24.4 Å². The second kappa shape index (κ2) is 9.25. The molecular weight excluding hydrogens is 417 g/mol. The minimum Gasteiger partial charge on any atom is -0.495 e. The van der Waals surface area contributed by atoms with Crippen molar-refractivity contribution < 1.29 is 28.2 Å². The molecule has 1 aliphatic rings. The van der Waals surface area contributed by atoms with Gasteiger partial charge in [-0.05, 0) is 51.1 Å². The van der Waals surface area contributed by atoms with E-state index < -0.39 is 23.4 Å². The molecule has 170 valence electrons. The molecule has 8 nitrogen and oxygen atoms in total. The molecule has 2 N–H and O–H groups in total. The molecular formula is C23H26FN3O5. The first-order chi connectivity index (χ1) is 15.1. The highest BCUT2D eigenvalue weighted by atomic mass is 19.1. The van der Waals surface area contributed by atoms with Gasteiger partial charge in [-0.25, -0.2) is 9.18 Å². The molecule has 3 rings (SSSR count). The number of carbonyl (C=O) groups excluding carboxylic acids is 3. The molecule has 2 aromatic rings. The van der Waals surface area contributed by atoms with Crippen LogP contribution in [0.4, 0.5) is 26.2 Å². The molecule has 0 aromatic heterocycles. The zero-order valence-electron chi connectivity index (χ0n) is 18.4. The van der Waals surface area contributed by atoms with Gasteiger partial charge in [-0.3, -0.25) is 14.9 Å². The number of carbonyl (C=O) groups is 3. The van der Waals surface area contributed by atoms with E-state index in [9.17, 15) is 18.8 Å². The van der Waals surface area contributed by atoms with E-state index in [1.54, 1.807) is 39.0 Å². The predicted octanol–water partition coefficient (Wildman–Crippen LogP) is 4.17. The Kier molecular flexibility index (Phi) is 6.67. The van der Waals surface area contributed by atoms with Crippen molar-refractivity contribution >= 4 is 35.0 Å². The van der Waals surface area contributed by atoms with E-state index in [2.05, 4.69) is 10.6 Å². The lowest BCUT2D eigenvalue weighted by molar-refractivity contribution is -0.122. The normalized spacial score (nSPS) is 16.0. The number of hydrogen-bond acceptors (Lipinski definition) is 5. The third kappa shape index (κ3) is 5.54. The van der Waals surface area contributed by atoms with Crippen LogP contribution < -0.4 is 20.3 Å². The highest BCUT2D eigenvalue weighted by Gasteiger charge is 2.36. The van der Waals surface area contributed by atoms with Crippen LogP contribution >= 0.6 is 0 Å². The van der Waals surface area contributed by atoms with Gasteiger partial charge in [0.1, 0.15) is 17.2 Å². The van der Waals surface area contributed by atoms with Gasteiger partial charge >= 0.3 is 6.09 Å². The van der Waals surface area contributed by atoms with Crippen molar-refractivity contribution in [1.29, 1.82) is 0 Å². The van der Waals surface area contributed by atoms with Gasteiger partial charge < -0.3 is 19.7 Å². The summed E-state index contributed by atoms with van der Waals surface area (Å²) in [5.41, 5.74) is 0.192. The van der Waals surface area contributed by atoms with E-state index in [1.165, 1.54) is 36.3 Å². The van der Waals surface area contributed by atoms with Crippen molar-refractivity contribution in [1.82, 2.24) is 0 Å². The van der Waals surface area contributed by atoms with Crippen molar-refractivity contribution in [3.05, 3.63) is 48.3 Å². The Balaban J connectivity index is 1.70. The van der Waals surface area contributed by atoms with Crippen LogP contribution in [0.3, 0.4) is 0 Å². The Morgan fingerprint density at radius 3 is 2.50 bits per heavy atom. The zero-order valence-corrected chi connectivity index (χ0v) is 18.4. The van der Waals surface area contributed by atoms with Crippen LogP contribution in [0.5, 0.6) is 5.75 Å². The highest BCUT2D eigenvalue weighted by Crippen LogP contribution is 2.31. The summed E-state index contributed by atoms with van der Waals surface area (Å²) in [6.45, 7) is 5.31. The van der Waals surface area contributed by atoms with Gasteiger partial charge in [-0.1, -0.05) is 12.1 Å². The molecule has 0 radical (unpaired) electrons. The average Bonchev–Trinajstić information content (AvgIpc) is 3.09. The van der Waals surface area contributed by atoms with E-state index >= 15 is 0 Å². The monoisotopic (exact) mass is 443 g/mol. The number of para-hydroxylation sites is 1. The van der Waals surface area contributed by atoms with E-state index in [1.807, 2.05) is 0 Å². The van der Waals surface area contributed by atoms with Crippen LogP contribution in [0, 0.1) is 11.7 Å². The van der Waals surface area contributed by atoms with E-state index in [-0.39, 0.29) is 30.5 Å². The molecule has 0 aliphatic carbocycles. The second-order valence-corrected chi connectivity index (χ2v) is 8.39. The first-order valence-corrected chi connectivity index (χ1v) is 10.1. The Morgan fingerprint density at radius 1 is 1.12 bits per heavy atom. The Bertz CT molecular complexity index is 1030. The number of amides is 3. The SMILES string of the molecule is COc1ccc(NC(=O)C2CC(=O)N(c3ccccc3F)C2)cc1NC(=O)OC(C)(C)C. The lowest BCUT2D eigenvalue weighted by atomic mass is 10.1. The molecule has 1 atom stereocenters. The standard InChI is InChI=1S/C23H26FN3O5/c1-23(2,3)32-22(30)26-17-12-15(9-10-19(17)31-4)25-21(29)14-11-20(28)27(13-14)18-8-6-5-7-16(18)24/h5-10,12,14H,11,13H2,1-4H3,(H,25,29)(H,26,30). The van der Waals surface area contributed by atoms with Crippen molar-refractivity contribution in [2.45, 2.75) is 32.8 Å². The molecule has 1 unspecified atom stereocenters. The van der Waals surface area contributed by atoms with Gasteiger partial charge in [0.15, 0.2) is 0 Å². The minimum atomic E-state index is -0.678. The topological polar surface area (TPSA) is 97.0 Å². The van der Waals surface area contributed by atoms with Crippen LogP contribution in [0.25, 0.3) is 0 Å². The lowest BCUT2D eigenvalue weighted by Crippen LogP contribution is -2.29. The zero-order chi connectivity index (χ0) is 23.5. The van der Waals surface area contributed by atoms with Crippen molar-refractivity contribution in [2.75, 3.05) is 29.2 Å². The van der Waals surface area contributed by atoms with Gasteiger partial charge in [0, 0.05) is 18.7 Å². The molecule has 0 bridgehead atoms. The number of halogens is 1. The molecule has 1 fully saturated rings. The Labute approximate surface area is 185 Å². The fraction of sp³-hybridized carbons (Fsp3) is 0.348. The number of benzene rings is 2. The van der Waals surface area contributed by atoms with Crippen molar-refractivity contribution in [3.8, 4) is 5.75 Å². The number of anilines is 3.